The second kappa shape index (κ2) is 10.3. The molecule has 2 heterocycles. The Morgan fingerprint density at radius 2 is 1.78 bits per heavy atom. The number of carboxylic acids is 2. The minimum atomic E-state index is -1.82. The minimum Gasteiger partial charge on any atom is -0.473 e. The number of H-pyrrole nitrogens is 1. The summed E-state index contributed by atoms with van der Waals surface area (Å²) in [7, 11) is 0. The van der Waals surface area contributed by atoms with Crippen LogP contribution in [0.5, 0.6) is 5.88 Å². The molecule has 8 nitrogen and oxygen atoms in total. The summed E-state index contributed by atoms with van der Waals surface area (Å²) in [6.07, 6.45) is 5.00. The first kappa shape index (κ1) is 20.4. The molecule has 2 aromatic rings. The van der Waals surface area contributed by atoms with Gasteiger partial charge in [-0.2, -0.15) is 0 Å². The number of ether oxygens (including phenoxy) is 1. The number of carboxylic acid groups (broad SMARTS) is 2. The van der Waals surface area contributed by atoms with Gasteiger partial charge >= 0.3 is 11.9 Å². The lowest BCUT2D eigenvalue weighted by molar-refractivity contribution is -0.159. The SMILES string of the molecule is CCC(Oc1cc(-c2ccccc2)[nH]n1)N1CCCCC1.O=C(O)C(=O)O. The van der Waals surface area contributed by atoms with Crippen molar-refractivity contribution in [1.29, 1.82) is 0 Å². The fraction of sp³-hybridized carbons (Fsp3) is 0.421. The van der Waals surface area contributed by atoms with Crippen molar-refractivity contribution in [2.45, 2.75) is 38.8 Å². The van der Waals surface area contributed by atoms with Crippen LogP contribution in [0, 0.1) is 0 Å². The summed E-state index contributed by atoms with van der Waals surface area (Å²) in [5, 5.41) is 22.1. The number of carbonyl (C=O) groups is 2. The van der Waals surface area contributed by atoms with Crippen molar-refractivity contribution < 1.29 is 24.5 Å². The van der Waals surface area contributed by atoms with Crippen LogP contribution >= 0.6 is 0 Å². The predicted octanol–water partition coefficient (Wildman–Crippen LogP) is 2.83. The van der Waals surface area contributed by atoms with Crippen LogP contribution in [0.4, 0.5) is 0 Å². The molecule has 1 aromatic heterocycles. The second-order valence-electron chi connectivity index (χ2n) is 6.17. The predicted molar refractivity (Wildman–Crippen MR) is 99.4 cm³/mol. The number of piperidine rings is 1. The van der Waals surface area contributed by atoms with Gasteiger partial charge in [-0.15, -0.1) is 5.10 Å². The minimum absolute atomic E-state index is 0.136. The summed E-state index contributed by atoms with van der Waals surface area (Å²) < 4.78 is 6.09. The highest BCUT2D eigenvalue weighted by Gasteiger charge is 2.21. The van der Waals surface area contributed by atoms with E-state index >= 15 is 0 Å². The highest BCUT2D eigenvalue weighted by atomic mass is 16.5. The number of aromatic amines is 1. The molecule has 0 amide bonds. The van der Waals surface area contributed by atoms with E-state index in [0.717, 1.165) is 30.8 Å². The van der Waals surface area contributed by atoms with Crippen LogP contribution in [0.25, 0.3) is 11.3 Å². The van der Waals surface area contributed by atoms with E-state index in [2.05, 4.69) is 34.2 Å². The zero-order valence-corrected chi connectivity index (χ0v) is 15.3. The lowest BCUT2D eigenvalue weighted by Crippen LogP contribution is -2.42. The van der Waals surface area contributed by atoms with Gasteiger partial charge in [-0.05, 0) is 24.8 Å². The quantitative estimate of drug-likeness (QED) is 0.688. The average Bonchev–Trinajstić information content (AvgIpc) is 3.16. The van der Waals surface area contributed by atoms with Gasteiger partial charge in [0.2, 0.25) is 5.88 Å². The smallest absolute Gasteiger partial charge is 0.414 e. The number of hydrogen-bond acceptors (Lipinski definition) is 5. The number of likely N-dealkylation sites (tertiary alicyclic amines) is 1. The van der Waals surface area contributed by atoms with Crippen LogP contribution in [-0.2, 0) is 9.59 Å². The number of nitrogens with one attached hydrogen (secondary N) is 1. The summed E-state index contributed by atoms with van der Waals surface area (Å²) in [5.41, 5.74) is 2.13. The molecule has 0 bridgehead atoms. The normalized spacial score (nSPS) is 15.3. The molecule has 0 aliphatic carbocycles. The summed E-state index contributed by atoms with van der Waals surface area (Å²) >= 11 is 0. The van der Waals surface area contributed by atoms with Gasteiger partial charge in [-0.1, -0.05) is 43.7 Å². The van der Waals surface area contributed by atoms with Crippen molar-refractivity contribution in [3.05, 3.63) is 36.4 Å². The Balaban J connectivity index is 0.000000380. The Labute approximate surface area is 157 Å². The van der Waals surface area contributed by atoms with E-state index in [9.17, 15) is 0 Å². The molecule has 1 aromatic carbocycles. The summed E-state index contributed by atoms with van der Waals surface area (Å²) in [6.45, 7) is 4.44. The second-order valence-corrected chi connectivity index (χ2v) is 6.17. The Bertz CT molecular complexity index is 714. The van der Waals surface area contributed by atoms with E-state index in [1.54, 1.807) is 0 Å². The zero-order chi connectivity index (χ0) is 19.6. The number of nitrogens with zero attached hydrogens (tertiary/aromatic N) is 2. The molecule has 1 aliphatic rings. The molecular weight excluding hydrogens is 350 g/mol. The third-order valence-corrected chi connectivity index (χ3v) is 4.23. The summed E-state index contributed by atoms with van der Waals surface area (Å²) in [4.78, 5) is 20.6. The molecule has 1 aliphatic heterocycles. The van der Waals surface area contributed by atoms with E-state index in [-0.39, 0.29) is 6.23 Å². The fourth-order valence-corrected chi connectivity index (χ4v) is 2.89. The van der Waals surface area contributed by atoms with Gasteiger partial charge in [-0.25, -0.2) is 9.59 Å². The third-order valence-electron chi connectivity index (χ3n) is 4.23. The molecule has 1 saturated heterocycles. The molecule has 1 fully saturated rings. The molecule has 1 atom stereocenters. The molecular formula is C19H25N3O5. The van der Waals surface area contributed by atoms with Gasteiger partial charge in [-0.3, -0.25) is 10.00 Å². The molecule has 8 heteroatoms. The molecule has 1 unspecified atom stereocenters. The third kappa shape index (κ3) is 6.41. The highest BCUT2D eigenvalue weighted by molar-refractivity contribution is 6.27. The van der Waals surface area contributed by atoms with Crippen LogP contribution in [0.2, 0.25) is 0 Å². The molecule has 146 valence electrons. The first-order valence-corrected chi connectivity index (χ1v) is 8.99. The molecule has 3 N–H and O–H groups in total. The molecule has 0 spiro atoms. The largest absolute Gasteiger partial charge is 0.473 e. The van der Waals surface area contributed by atoms with E-state index in [1.165, 1.54) is 19.3 Å². The number of rotatable bonds is 5. The zero-order valence-electron chi connectivity index (χ0n) is 15.3. The van der Waals surface area contributed by atoms with Gasteiger partial charge in [0, 0.05) is 19.2 Å². The van der Waals surface area contributed by atoms with E-state index in [1.807, 2.05) is 24.3 Å². The van der Waals surface area contributed by atoms with Gasteiger partial charge in [0.15, 0.2) is 6.23 Å². The number of aliphatic carboxylic acids is 2. The Morgan fingerprint density at radius 3 is 2.33 bits per heavy atom. The monoisotopic (exact) mass is 375 g/mol. The lowest BCUT2D eigenvalue weighted by atomic mass is 10.1. The Kier molecular flexibility index (Phi) is 7.81. The van der Waals surface area contributed by atoms with E-state index < -0.39 is 11.9 Å². The van der Waals surface area contributed by atoms with Gasteiger partial charge in [0.25, 0.3) is 0 Å². The van der Waals surface area contributed by atoms with Crippen molar-refractivity contribution in [3.8, 4) is 17.1 Å². The van der Waals surface area contributed by atoms with Crippen molar-refractivity contribution in [1.82, 2.24) is 15.1 Å². The Hall–Kier alpha value is -2.87. The maximum atomic E-state index is 9.10. The fourth-order valence-electron chi connectivity index (χ4n) is 2.89. The Morgan fingerprint density at radius 1 is 1.15 bits per heavy atom. The van der Waals surface area contributed by atoms with Crippen LogP contribution in [-0.4, -0.2) is 56.6 Å². The average molecular weight is 375 g/mol. The lowest BCUT2D eigenvalue weighted by Gasteiger charge is -2.33. The van der Waals surface area contributed by atoms with Crippen molar-refractivity contribution in [3.63, 3.8) is 0 Å². The van der Waals surface area contributed by atoms with Crippen LogP contribution < -0.4 is 4.74 Å². The van der Waals surface area contributed by atoms with Crippen LogP contribution in [0.3, 0.4) is 0 Å². The van der Waals surface area contributed by atoms with E-state index in [4.69, 9.17) is 24.5 Å². The molecule has 0 radical (unpaired) electrons. The van der Waals surface area contributed by atoms with Crippen molar-refractivity contribution >= 4 is 11.9 Å². The standard InChI is InChI=1S/C17H23N3O.C2H2O4/c1-2-17(20-11-7-4-8-12-20)21-16-13-15(18-19-16)14-9-5-3-6-10-14;3-1(4)2(5)6/h3,5-6,9-10,13,17H,2,4,7-8,11-12H2,1H3,(H,18,19);(H,3,4)(H,5,6). The number of hydrogen-bond donors (Lipinski definition) is 3. The maximum Gasteiger partial charge on any atom is 0.414 e. The first-order chi connectivity index (χ1) is 13.0. The van der Waals surface area contributed by atoms with E-state index in [0.29, 0.717) is 5.88 Å². The van der Waals surface area contributed by atoms with Gasteiger partial charge in [0.05, 0.1) is 5.69 Å². The molecule has 0 saturated carbocycles. The van der Waals surface area contributed by atoms with Crippen LogP contribution in [0.1, 0.15) is 32.6 Å². The van der Waals surface area contributed by atoms with Crippen molar-refractivity contribution in [2.24, 2.45) is 0 Å². The van der Waals surface area contributed by atoms with Gasteiger partial charge in [0.1, 0.15) is 0 Å². The summed E-state index contributed by atoms with van der Waals surface area (Å²) in [5.74, 6) is -2.96. The highest BCUT2D eigenvalue weighted by Crippen LogP contribution is 2.23. The molecule has 27 heavy (non-hydrogen) atoms. The summed E-state index contributed by atoms with van der Waals surface area (Å²) in [6, 6.07) is 12.2. The topological polar surface area (TPSA) is 116 Å². The number of aromatic nitrogens is 2. The maximum absolute atomic E-state index is 9.10. The first-order valence-electron chi connectivity index (χ1n) is 8.99. The van der Waals surface area contributed by atoms with Crippen molar-refractivity contribution in [2.75, 3.05) is 13.1 Å². The molecule has 3 rings (SSSR count). The van der Waals surface area contributed by atoms with Crippen LogP contribution in [0.15, 0.2) is 36.4 Å². The van der Waals surface area contributed by atoms with Gasteiger partial charge < -0.3 is 14.9 Å². The number of benzene rings is 1.